The summed E-state index contributed by atoms with van der Waals surface area (Å²) in [6.07, 6.45) is -2.71. The Bertz CT molecular complexity index is 1280. The number of aromatic nitrogens is 4. The van der Waals surface area contributed by atoms with Crippen LogP contribution in [0, 0.1) is 6.92 Å². The molecule has 7 nitrogen and oxygen atoms in total. The fourth-order valence-electron chi connectivity index (χ4n) is 2.76. The molecule has 158 valence electrons. The van der Waals surface area contributed by atoms with Gasteiger partial charge in [0.2, 0.25) is 5.88 Å². The third kappa shape index (κ3) is 4.29. The summed E-state index contributed by atoms with van der Waals surface area (Å²) in [5, 5.41) is 3.33. The summed E-state index contributed by atoms with van der Waals surface area (Å²) in [6.45, 7) is 1.86. The summed E-state index contributed by atoms with van der Waals surface area (Å²) in [5.74, 6) is 0.497. The normalized spacial score (nSPS) is 11.5. The van der Waals surface area contributed by atoms with Gasteiger partial charge < -0.3 is 15.8 Å². The van der Waals surface area contributed by atoms with Crippen molar-refractivity contribution < 1.29 is 17.9 Å². The van der Waals surface area contributed by atoms with Gasteiger partial charge in [-0.1, -0.05) is 29.8 Å². The summed E-state index contributed by atoms with van der Waals surface area (Å²) in [5.41, 5.74) is 6.60. The number of fused-ring (bicyclic) bond motifs is 1. The lowest BCUT2D eigenvalue weighted by molar-refractivity contribution is -0.137. The lowest BCUT2D eigenvalue weighted by Gasteiger charge is -2.14. The van der Waals surface area contributed by atoms with Crippen LogP contribution in [0.4, 0.5) is 30.5 Å². The second-order valence-electron chi connectivity index (χ2n) is 6.50. The van der Waals surface area contributed by atoms with Crippen LogP contribution in [-0.2, 0) is 6.18 Å². The van der Waals surface area contributed by atoms with Crippen LogP contribution in [0.25, 0.3) is 10.9 Å². The quantitative estimate of drug-likeness (QED) is 0.426. The van der Waals surface area contributed by atoms with E-state index in [1.54, 1.807) is 12.1 Å². The van der Waals surface area contributed by atoms with Gasteiger partial charge in [-0.2, -0.15) is 18.2 Å². The molecule has 0 fully saturated rings. The average Bonchev–Trinajstić information content (AvgIpc) is 2.72. The van der Waals surface area contributed by atoms with E-state index in [0.29, 0.717) is 17.5 Å². The van der Waals surface area contributed by atoms with E-state index < -0.39 is 11.7 Å². The van der Waals surface area contributed by atoms with Crippen molar-refractivity contribution in [1.82, 2.24) is 19.9 Å². The average molecular weight is 447 g/mol. The van der Waals surface area contributed by atoms with E-state index in [1.807, 2.05) is 25.1 Å². The Hall–Kier alpha value is -3.66. The number of nitrogens with two attached hydrogens (primary N) is 1. The zero-order chi connectivity index (χ0) is 22.2. The van der Waals surface area contributed by atoms with Crippen LogP contribution >= 0.6 is 11.6 Å². The van der Waals surface area contributed by atoms with E-state index in [1.165, 1.54) is 6.33 Å². The van der Waals surface area contributed by atoms with Crippen molar-refractivity contribution in [3.8, 4) is 11.6 Å². The summed E-state index contributed by atoms with van der Waals surface area (Å²) in [7, 11) is 0. The molecule has 0 saturated heterocycles. The predicted molar refractivity (Wildman–Crippen MR) is 111 cm³/mol. The largest absolute Gasteiger partial charge is 0.435 e. The Morgan fingerprint density at radius 1 is 1.06 bits per heavy atom. The first-order valence-corrected chi connectivity index (χ1v) is 9.24. The Balaban J connectivity index is 1.65. The molecule has 4 aromatic rings. The highest BCUT2D eigenvalue weighted by molar-refractivity contribution is 6.33. The summed E-state index contributed by atoms with van der Waals surface area (Å²) in [6, 6.07) is 9.97. The molecule has 0 amide bonds. The number of aryl methyl sites for hydroxylation is 1. The third-order valence-electron chi connectivity index (χ3n) is 4.28. The number of nitrogens with zero attached hydrogens (tertiary/aromatic N) is 4. The van der Waals surface area contributed by atoms with E-state index >= 15 is 0 Å². The summed E-state index contributed by atoms with van der Waals surface area (Å²) >= 11 is 5.94. The molecule has 0 saturated carbocycles. The lowest BCUT2D eigenvalue weighted by Crippen LogP contribution is -2.08. The molecule has 31 heavy (non-hydrogen) atoms. The molecule has 0 bridgehead atoms. The maximum atomic E-state index is 12.8. The third-order valence-corrected chi connectivity index (χ3v) is 4.57. The van der Waals surface area contributed by atoms with Gasteiger partial charge in [0.15, 0.2) is 11.6 Å². The summed E-state index contributed by atoms with van der Waals surface area (Å²) in [4.78, 5) is 16.2. The number of pyridine rings is 2. The number of ether oxygens (including phenoxy) is 1. The minimum atomic E-state index is -4.56. The number of hydrogen-bond acceptors (Lipinski definition) is 7. The monoisotopic (exact) mass is 446 g/mol. The number of hydrogen-bond donors (Lipinski definition) is 2. The first kappa shape index (κ1) is 20.6. The van der Waals surface area contributed by atoms with Crippen molar-refractivity contribution >= 4 is 39.8 Å². The molecule has 0 aliphatic carbocycles. The van der Waals surface area contributed by atoms with E-state index in [0.717, 1.165) is 17.1 Å². The van der Waals surface area contributed by atoms with Gasteiger partial charge in [-0.15, -0.1) is 0 Å². The van der Waals surface area contributed by atoms with Crippen molar-refractivity contribution in [1.29, 1.82) is 0 Å². The van der Waals surface area contributed by atoms with Gasteiger partial charge in [-0.3, -0.25) is 0 Å². The van der Waals surface area contributed by atoms with Crippen molar-refractivity contribution in [2.24, 2.45) is 0 Å². The smallest absolute Gasteiger partial charge is 0.417 e. The Morgan fingerprint density at radius 3 is 2.61 bits per heavy atom. The minimum absolute atomic E-state index is 0.0184. The number of nitrogen functional groups attached to an aromatic ring is 1. The van der Waals surface area contributed by atoms with Crippen molar-refractivity contribution in [3.63, 3.8) is 0 Å². The number of rotatable bonds is 4. The standard InChI is InChI=1S/C20H14ClF3N6O/c1-10-5-6-11-3-2-4-14(16(11)29-10)31-19-15(25)18(27-9-28-19)30-17-13(21)7-12(8-26-17)20(22,23)24/h2-9H,25H2,1H3,(H,26,27,28,30). The van der Waals surface area contributed by atoms with Crippen LogP contribution in [0.2, 0.25) is 5.02 Å². The lowest BCUT2D eigenvalue weighted by atomic mass is 10.2. The highest BCUT2D eigenvalue weighted by atomic mass is 35.5. The molecular weight excluding hydrogens is 433 g/mol. The van der Waals surface area contributed by atoms with E-state index in [2.05, 4.69) is 25.3 Å². The second kappa shape index (κ2) is 7.88. The number of nitrogens with one attached hydrogen (secondary N) is 1. The molecule has 0 atom stereocenters. The minimum Gasteiger partial charge on any atom is -0.435 e. The van der Waals surface area contributed by atoms with Crippen molar-refractivity contribution in [2.45, 2.75) is 13.1 Å². The van der Waals surface area contributed by atoms with Gasteiger partial charge in [0.25, 0.3) is 0 Å². The second-order valence-corrected chi connectivity index (χ2v) is 6.91. The van der Waals surface area contributed by atoms with E-state index in [-0.39, 0.29) is 28.2 Å². The first-order valence-electron chi connectivity index (χ1n) is 8.87. The SMILES string of the molecule is Cc1ccc2cccc(Oc3ncnc(Nc4ncc(C(F)(F)F)cc4Cl)c3N)c2n1. The first-order chi connectivity index (χ1) is 14.7. The molecule has 4 rings (SSSR count). The van der Waals surface area contributed by atoms with Gasteiger partial charge in [0.1, 0.15) is 23.3 Å². The topological polar surface area (TPSA) is 98.8 Å². The van der Waals surface area contributed by atoms with Crippen LogP contribution in [-0.4, -0.2) is 19.9 Å². The number of para-hydroxylation sites is 1. The molecule has 0 aliphatic rings. The van der Waals surface area contributed by atoms with Crippen LogP contribution in [0.3, 0.4) is 0 Å². The molecule has 0 unspecified atom stereocenters. The van der Waals surface area contributed by atoms with E-state index in [4.69, 9.17) is 22.1 Å². The van der Waals surface area contributed by atoms with Crippen molar-refractivity contribution in [3.05, 3.63) is 65.2 Å². The molecule has 11 heteroatoms. The molecule has 0 spiro atoms. The van der Waals surface area contributed by atoms with Gasteiger partial charge >= 0.3 is 6.18 Å². The molecule has 0 aliphatic heterocycles. The number of anilines is 3. The predicted octanol–water partition coefficient (Wildman–Crippen LogP) is 5.52. The maximum absolute atomic E-state index is 12.8. The van der Waals surface area contributed by atoms with Gasteiger partial charge in [-0.25, -0.2) is 15.0 Å². The zero-order valence-electron chi connectivity index (χ0n) is 15.9. The maximum Gasteiger partial charge on any atom is 0.417 e. The highest BCUT2D eigenvalue weighted by Crippen LogP contribution is 2.36. The molecule has 3 N–H and O–H groups in total. The van der Waals surface area contributed by atoms with Gasteiger partial charge in [0, 0.05) is 17.3 Å². The molecule has 3 aromatic heterocycles. The Morgan fingerprint density at radius 2 is 1.87 bits per heavy atom. The van der Waals surface area contributed by atoms with E-state index in [9.17, 15) is 13.2 Å². The number of benzene rings is 1. The van der Waals surface area contributed by atoms with Crippen LogP contribution in [0.15, 0.2) is 48.9 Å². The summed E-state index contributed by atoms with van der Waals surface area (Å²) < 4.78 is 44.3. The van der Waals surface area contributed by atoms with Gasteiger partial charge in [0.05, 0.1) is 10.6 Å². The fraction of sp³-hybridized carbons (Fsp3) is 0.100. The molecule has 1 aromatic carbocycles. The van der Waals surface area contributed by atoms with Gasteiger partial charge in [-0.05, 0) is 25.1 Å². The molecule has 0 radical (unpaired) electrons. The van der Waals surface area contributed by atoms with Crippen molar-refractivity contribution in [2.75, 3.05) is 11.1 Å². The molecular formula is C20H14ClF3N6O. The molecule has 3 heterocycles. The fourth-order valence-corrected chi connectivity index (χ4v) is 2.97. The Labute approximate surface area is 179 Å². The zero-order valence-corrected chi connectivity index (χ0v) is 16.7. The van der Waals surface area contributed by atoms with Crippen LogP contribution in [0.5, 0.6) is 11.6 Å². The number of alkyl halides is 3. The Kier molecular flexibility index (Phi) is 5.24. The number of halogens is 4. The van der Waals surface area contributed by atoms with Crippen LogP contribution < -0.4 is 15.8 Å². The van der Waals surface area contributed by atoms with Crippen LogP contribution in [0.1, 0.15) is 11.3 Å². The highest BCUT2D eigenvalue weighted by Gasteiger charge is 2.31.